The van der Waals surface area contributed by atoms with E-state index in [1.165, 1.54) is 6.07 Å². The van der Waals surface area contributed by atoms with E-state index in [1.807, 2.05) is 11.1 Å². The molecule has 1 aromatic carbocycles. The van der Waals surface area contributed by atoms with Gasteiger partial charge in [0.2, 0.25) is 0 Å². The van der Waals surface area contributed by atoms with Crippen LogP contribution in [0.1, 0.15) is 5.56 Å². The number of fused-ring (bicyclic) bond motifs is 1. The van der Waals surface area contributed by atoms with E-state index >= 15 is 0 Å². The van der Waals surface area contributed by atoms with E-state index in [4.69, 9.17) is 22.7 Å². The van der Waals surface area contributed by atoms with Crippen LogP contribution < -0.4 is 10.5 Å². The summed E-state index contributed by atoms with van der Waals surface area (Å²) in [5, 5.41) is 1.19. The predicted molar refractivity (Wildman–Crippen MR) is 86.7 cm³/mol. The molecule has 2 aromatic rings. The predicted octanol–water partition coefficient (Wildman–Crippen LogP) is 2.26. The van der Waals surface area contributed by atoms with E-state index in [2.05, 4.69) is 9.72 Å². The van der Waals surface area contributed by atoms with Gasteiger partial charge in [-0.05, 0) is 42.4 Å². The SMILES string of the molecule is NC(=S)N1CCOC[C@@H]1Cc1c[nH]c2ccc(OC(F)F)cc12. The van der Waals surface area contributed by atoms with Crippen LogP contribution in [0.2, 0.25) is 0 Å². The Hall–Kier alpha value is -1.93. The highest BCUT2D eigenvalue weighted by Crippen LogP contribution is 2.26. The molecule has 1 aliphatic rings. The lowest BCUT2D eigenvalue weighted by molar-refractivity contribution is -0.0497. The third kappa shape index (κ3) is 3.53. The van der Waals surface area contributed by atoms with Crippen LogP contribution in [-0.4, -0.2) is 47.4 Å². The Morgan fingerprint density at radius 1 is 1.52 bits per heavy atom. The number of hydrogen-bond donors (Lipinski definition) is 2. The molecule has 0 saturated carbocycles. The molecule has 124 valence electrons. The summed E-state index contributed by atoms with van der Waals surface area (Å²) in [6, 6.07) is 4.88. The van der Waals surface area contributed by atoms with Gasteiger partial charge < -0.3 is 25.1 Å². The molecule has 0 bridgehead atoms. The fourth-order valence-electron chi connectivity index (χ4n) is 2.87. The first-order valence-electron chi connectivity index (χ1n) is 7.23. The molecule has 0 spiro atoms. The number of nitrogens with two attached hydrogens (primary N) is 1. The quantitative estimate of drug-likeness (QED) is 0.835. The van der Waals surface area contributed by atoms with Gasteiger partial charge in [0.05, 0.1) is 19.3 Å². The van der Waals surface area contributed by atoms with Gasteiger partial charge in [-0.1, -0.05) is 0 Å². The van der Waals surface area contributed by atoms with Crippen molar-refractivity contribution in [3.8, 4) is 5.75 Å². The maximum Gasteiger partial charge on any atom is 0.387 e. The molecule has 5 nitrogen and oxygen atoms in total. The monoisotopic (exact) mass is 341 g/mol. The zero-order chi connectivity index (χ0) is 16.4. The smallest absolute Gasteiger partial charge is 0.387 e. The number of morpholine rings is 1. The first kappa shape index (κ1) is 15.9. The van der Waals surface area contributed by atoms with E-state index in [1.54, 1.807) is 12.1 Å². The summed E-state index contributed by atoms with van der Waals surface area (Å²) < 4.78 is 34.7. The molecule has 0 unspecified atom stereocenters. The van der Waals surface area contributed by atoms with Crippen LogP contribution in [-0.2, 0) is 11.2 Å². The summed E-state index contributed by atoms with van der Waals surface area (Å²) in [6.45, 7) is -1.07. The maximum absolute atomic E-state index is 12.4. The first-order valence-corrected chi connectivity index (χ1v) is 7.64. The van der Waals surface area contributed by atoms with Crippen LogP contribution in [0, 0.1) is 0 Å². The lowest BCUT2D eigenvalue weighted by atomic mass is 10.0. The second-order valence-electron chi connectivity index (χ2n) is 5.36. The molecular weight excluding hydrogens is 324 g/mol. The minimum atomic E-state index is -2.84. The van der Waals surface area contributed by atoms with Crippen molar-refractivity contribution in [1.29, 1.82) is 0 Å². The molecular formula is C15H17F2N3O2S. The van der Waals surface area contributed by atoms with Crippen molar-refractivity contribution in [2.45, 2.75) is 19.1 Å². The molecule has 1 fully saturated rings. The molecule has 2 heterocycles. The molecule has 0 radical (unpaired) electrons. The number of alkyl halides is 2. The minimum Gasteiger partial charge on any atom is -0.435 e. The molecule has 3 rings (SSSR count). The van der Waals surface area contributed by atoms with Gasteiger partial charge in [-0.2, -0.15) is 8.78 Å². The lowest BCUT2D eigenvalue weighted by Gasteiger charge is -2.36. The van der Waals surface area contributed by atoms with E-state index in [-0.39, 0.29) is 11.8 Å². The van der Waals surface area contributed by atoms with Gasteiger partial charge in [-0.25, -0.2) is 0 Å². The number of aromatic amines is 1. The molecule has 3 N–H and O–H groups in total. The number of benzene rings is 1. The minimum absolute atomic E-state index is 0.0277. The van der Waals surface area contributed by atoms with Gasteiger partial charge in [-0.3, -0.25) is 0 Å². The lowest BCUT2D eigenvalue weighted by Crippen LogP contribution is -2.51. The van der Waals surface area contributed by atoms with Crippen molar-refractivity contribution < 1.29 is 18.3 Å². The highest BCUT2D eigenvalue weighted by atomic mass is 32.1. The summed E-state index contributed by atoms with van der Waals surface area (Å²) in [5.74, 6) is 0.138. The van der Waals surface area contributed by atoms with Crippen LogP contribution in [0.5, 0.6) is 5.75 Å². The summed E-state index contributed by atoms with van der Waals surface area (Å²) >= 11 is 5.09. The van der Waals surface area contributed by atoms with Crippen LogP contribution >= 0.6 is 12.2 Å². The number of aromatic nitrogens is 1. The largest absolute Gasteiger partial charge is 0.435 e. The summed E-state index contributed by atoms with van der Waals surface area (Å²) in [5.41, 5.74) is 7.61. The standard InChI is InChI=1S/C15H17F2N3O2S/c16-14(17)22-11-1-2-13-12(6-11)9(7-19-13)5-10-8-21-4-3-20(10)15(18)23/h1-2,6-7,10,14,19H,3-5,8H2,(H2,18,23)/t10-/m0/s1. The third-order valence-electron chi connectivity index (χ3n) is 3.93. The zero-order valence-corrected chi connectivity index (χ0v) is 13.1. The Balaban J connectivity index is 1.85. The number of H-pyrrole nitrogens is 1. The number of thiocarbonyl (C=S) groups is 1. The van der Waals surface area contributed by atoms with Gasteiger partial charge in [0.15, 0.2) is 5.11 Å². The second kappa shape index (κ2) is 6.67. The summed E-state index contributed by atoms with van der Waals surface area (Å²) in [4.78, 5) is 5.08. The topological polar surface area (TPSA) is 63.5 Å². The average Bonchev–Trinajstić information content (AvgIpc) is 2.89. The van der Waals surface area contributed by atoms with Crippen LogP contribution in [0.15, 0.2) is 24.4 Å². The Kier molecular flexibility index (Phi) is 4.63. The Morgan fingerprint density at radius 3 is 3.09 bits per heavy atom. The molecule has 1 aliphatic heterocycles. The molecule has 8 heteroatoms. The van der Waals surface area contributed by atoms with Crippen LogP contribution in [0.3, 0.4) is 0 Å². The fraction of sp³-hybridized carbons (Fsp3) is 0.400. The van der Waals surface area contributed by atoms with Crippen LogP contribution in [0.25, 0.3) is 10.9 Å². The molecule has 1 aromatic heterocycles. The highest BCUT2D eigenvalue weighted by molar-refractivity contribution is 7.80. The average molecular weight is 341 g/mol. The van der Waals surface area contributed by atoms with Gasteiger partial charge in [-0.15, -0.1) is 0 Å². The number of ether oxygens (including phenoxy) is 2. The fourth-order valence-corrected chi connectivity index (χ4v) is 3.11. The van der Waals surface area contributed by atoms with Gasteiger partial charge >= 0.3 is 6.61 Å². The molecule has 1 saturated heterocycles. The Labute approximate surface area is 137 Å². The van der Waals surface area contributed by atoms with Crippen molar-refractivity contribution in [1.82, 2.24) is 9.88 Å². The van der Waals surface area contributed by atoms with E-state index in [0.29, 0.717) is 31.3 Å². The van der Waals surface area contributed by atoms with Crippen molar-refractivity contribution >= 4 is 28.2 Å². The summed E-state index contributed by atoms with van der Waals surface area (Å²) in [7, 11) is 0. The zero-order valence-electron chi connectivity index (χ0n) is 12.3. The van der Waals surface area contributed by atoms with Crippen molar-refractivity contribution in [2.75, 3.05) is 19.8 Å². The Bertz CT molecular complexity index is 707. The second-order valence-corrected chi connectivity index (χ2v) is 5.78. The van der Waals surface area contributed by atoms with E-state index in [0.717, 1.165) is 16.5 Å². The molecule has 0 aliphatic carbocycles. The van der Waals surface area contributed by atoms with E-state index < -0.39 is 6.61 Å². The number of hydrogen-bond acceptors (Lipinski definition) is 3. The van der Waals surface area contributed by atoms with Gasteiger partial charge in [0.1, 0.15) is 5.75 Å². The van der Waals surface area contributed by atoms with E-state index in [9.17, 15) is 8.78 Å². The van der Waals surface area contributed by atoms with Crippen LogP contribution in [0.4, 0.5) is 8.78 Å². The number of halogens is 2. The Morgan fingerprint density at radius 2 is 2.35 bits per heavy atom. The third-order valence-corrected chi connectivity index (χ3v) is 4.16. The number of nitrogens with zero attached hydrogens (tertiary/aromatic N) is 1. The molecule has 0 amide bonds. The van der Waals surface area contributed by atoms with Crippen molar-refractivity contribution in [3.05, 3.63) is 30.0 Å². The molecule has 23 heavy (non-hydrogen) atoms. The highest BCUT2D eigenvalue weighted by Gasteiger charge is 2.25. The maximum atomic E-state index is 12.4. The first-order chi connectivity index (χ1) is 11.0. The van der Waals surface area contributed by atoms with Crippen molar-refractivity contribution in [3.63, 3.8) is 0 Å². The number of nitrogens with one attached hydrogen (secondary N) is 1. The normalized spacial score (nSPS) is 18.6. The number of rotatable bonds is 4. The molecule has 1 atom stereocenters. The summed E-state index contributed by atoms with van der Waals surface area (Å²) in [6.07, 6.45) is 2.51. The van der Waals surface area contributed by atoms with Gasteiger partial charge in [0, 0.05) is 23.6 Å². The van der Waals surface area contributed by atoms with Crippen molar-refractivity contribution in [2.24, 2.45) is 5.73 Å². The van der Waals surface area contributed by atoms with Gasteiger partial charge in [0.25, 0.3) is 0 Å².